The molecule has 0 bridgehead atoms. The van der Waals surface area contributed by atoms with E-state index in [2.05, 4.69) is 46.4 Å². The smallest absolute Gasteiger partial charge is 0.227 e. The highest BCUT2D eigenvalue weighted by molar-refractivity contribution is 5.68. The molecule has 0 saturated heterocycles. The Balaban J connectivity index is 1.83. The third-order valence-corrected chi connectivity index (χ3v) is 4.00. The lowest BCUT2D eigenvalue weighted by Gasteiger charge is -2.20. The summed E-state index contributed by atoms with van der Waals surface area (Å²) in [7, 11) is 4.11. The van der Waals surface area contributed by atoms with Gasteiger partial charge in [-0.3, -0.25) is 5.01 Å². The number of anilines is 2. The van der Waals surface area contributed by atoms with Gasteiger partial charge >= 0.3 is 0 Å². The number of hydrazine groups is 1. The monoisotopic (exact) mass is 348 g/mol. The highest BCUT2D eigenvalue weighted by Gasteiger charge is 2.10. The van der Waals surface area contributed by atoms with Crippen LogP contribution in [0.25, 0.3) is 5.57 Å². The van der Waals surface area contributed by atoms with Gasteiger partial charge in [0.25, 0.3) is 0 Å². The number of nitrogens with zero attached hydrogens (tertiary/aromatic N) is 4. The van der Waals surface area contributed by atoms with E-state index >= 15 is 0 Å². The van der Waals surface area contributed by atoms with Gasteiger partial charge in [-0.1, -0.05) is 18.2 Å². The van der Waals surface area contributed by atoms with E-state index < -0.39 is 0 Å². The van der Waals surface area contributed by atoms with Crippen molar-refractivity contribution in [1.29, 1.82) is 0 Å². The predicted octanol–water partition coefficient (Wildman–Crippen LogP) is 3.27. The fourth-order valence-corrected chi connectivity index (χ4v) is 2.77. The average molecular weight is 348 g/mol. The topological polar surface area (TPSA) is 70.3 Å². The second kappa shape index (κ2) is 7.95. The number of nitrogens with two attached hydrogens (primary N) is 1. The number of nitrogens with one attached hydrogen (secondary N) is 1. The Morgan fingerprint density at radius 3 is 2.85 bits per heavy atom. The summed E-state index contributed by atoms with van der Waals surface area (Å²) in [6.07, 6.45) is 9.38. The quantitative estimate of drug-likeness (QED) is 0.808. The zero-order valence-corrected chi connectivity index (χ0v) is 15.3. The molecule has 1 aliphatic rings. The molecule has 0 fully saturated rings. The Bertz CT molecular complexity index is 866. The molecule has 26 heavy (non-hydrogen) atoms. The fourth-order valence-electron chi connectivity index (χ4n) is 2.77. The molecule has 0 radical (unpaired) electrons. The van der Waals surface area contributed by atoms with Crippen molar-refractivity contribution in [2.75, 3.05) is 19.4 Å². The minimum atomic E-state index is 0.559. The molecular weight excluding hydrogens is 324 g/mol. The standard InChI is InChI=1S/C20H24N6/c1-15(19-9-4-5-12-26(19)21)18-10-11-22-20(24-18)23-17-8-6-7-16(13-17)14-25(2)3/h4-13H,14,21H2,1-3H3,(H,22,23,24)/b19-15+. The zero-order chi connectivity index (χ0) is 18.5. The largest absolute Gasteiger partial charge is 0.324 e. The highest BCUT2D eigenvalue weighted by Crippen LogP contribution is 2.22. The molecular formula is C20H24N6. The van der Waals surface area contributed by atoms with Crippen LogP contribution in [0.1, 0.15) is 18.2 Å². The fraction of sp³-hybridized carbons (Fsp3) is 0.200. The van der Waals surface area contributed by atoms with Crippen LogP contribution in [0.3, 0.4) is 0 Å². The Morgan fingerprint density at radius 1 is 1.23 bits per heavy atom. The molecule has 3 rings (SSSR count). The van der Waals surface area contributed by atoms with E-state index in [1.54, 1.807) is 11.2 Å². The number of allylic oxidation sites excluding steroid dienone is 4. The number of benzene rings is 1. The summed E-state index contributed by atoms with van der Waals surface area (Å²) in [6, 6.07) is 10.1. The van der Waals surface area contributed by atoms with Crippen molar-refractivity contribution in [1.82, 2.24) is 19.9 Å². The molecule has 1 aliphatic heterocycles. The van der Waals surface area contributed by atoms with Crippen LogP contribution < -0.4 is 11.2 Å². The van der Waals surface area contributed by atoms with E-state index in [4.69, 9.17) is 5.84 Å². The number of rotatable bonds is 5. The van der Waals surface area contributed by atoms with Crippen LogP contribution in [-0.4, -0.2) is 34.0 Å². The van der Waals surface area contributed by atoms with E-state index in [9.17, 15) is 0 Å². The van der Waals surface area contributed by atoms with Crippen molar-refractivity contribution in [3.63, 3.8) is 0 Å². The number of hydrogen-bond donors (Lipinski definition) is 2. The second-order valence-electron chi connectivity index (χ2n) is 6.45. The van der Waals surface area contributed by atoms with Crippen molar-refractivity contribution in [3.05, 3.63) is 77.9 Å². The number of aromatic nitrogens is 2. The van der Waals surface area contributed by atoms with Gasteiger partial charge in [0.1, 0.15) is 0 Å². The number of hydrogen-bond acceptors (Lipinski definition) is 6. The maximum absolute atomic E-state index is 6.01. The van der Waals surface area contributed by atoms with E-state index in [0.717, 1.165) is 29.2 Å². The molecule has 0 aliphatic carbocycles. The van der Waals surface area contributed by atoms with Crippen molar-refractivity contribution >= 4 is 17.2 Å². The highest BCUT2D eigenvalue weighted by atomic mass is 15.4. The van der Waals surface area contributed by atoms with Gasteiger partial charge in [0.15, 0.2) is 0 Å². The summed E-state index contributed by atoms with van der Waals surface area (Å²) in [5.74, 6) is 6.57. The van der Waals surface area contributed by atoms with Gasteiger partial charge in [0.05, 0.1) is 11.4 Å². The lowest BCUT2D eigenvalue weighted by molar-refractivity contribution is 0.402. The SMILES string of the molecule is C/C(=C1/C=CC=CN1N)c1ccnc(Nc2cccc(CN(C)C)c2)n1. The lowest BCUT2D eigenvalue weighted by Crippen LogP contribution is -2.25. The van der Waals surface area contributed by atoms with Crippen LogP contribution in [-0.2, 0) is 6.54 Å². The maximum atomic E-state index is 6.01. The summed E-state index contributed by atoms with van der Waals surface area (Å²) < 4.78 is 0. The molecule has 0 saturated carbocycles. The Hall–Kier alpha value is -2.96. The van der Waals surface area contributed by atoms with E-state index in [1.165, 1.54) is 5.56 Å². The first kappa shape index (κ1) is 17.8. The first-order valence-electron chi connectivity index (χ1n) is 8.47. The minimum Gasteiger partial charge on any atom is -0.324 e. The third kappa shape index (κ3) is 4.36. The molecule has 0 spiro atoms. The summed E-state index contributed by atoms with van der Waals surface area (Å²) in [4.78, 5) is 11.1. The van der Waals surface area contributed by atoms with Crippen LogP contribution in [0.15, 0.2) is 66.7 Å². The third-order valence-electron chi connectivity index (χ3n) is 4.00. The summed E-state index contributed by atoms with van der Waals surface area (Å²) in [6.45, 7) is 2.89. The molecule has 6 nitrogen and oxygen atoms in total. The van der Waals surface area contributed by atoms with Crippen molar-refractivity contribution in [2.24, 2.45) is 5.84 Å². The second-order valence-corrected chi connectivity index (χ2v) is 6.45. The molecule has 0 amide bonds. The lowest BCUT2D eigenvalue weighted by atomic mass is 10.1. The Morgan fingerprint density at radius 2 is 2.08 bits per heavy atom. The molecule has 0 unspecified atom stereocenters. The normalized spacial score (nSPS) is 15.5. The molecule has 1 aromatic heterocycles. The van der Waals surface area contributed by atoms with Gasteiger partial charge in [-0.15, -0.1) is 0 Å². The Labute approximate surface area is 154 Å². The van der Waals surface area contributed by atoms with Crippen LogP contribution in [0.4, 0.5) is 11.6 Å². The van der Waals surface area contributed by atoms with Crippen LogP contribution in [0.2, 0.25) is 0 Å². The summed E-state index contributed by atoms with van der Waals surface area (Å²) in [5, 5.41) is 4.88. The average Bonchev–Trinajstić information content (AvgIpc) is 2.61. The molecule has 6 heteroatoms. The molecule has 2 aromatic rings. The minimum absolute atomic E-state index is 0.559. The van der Waals surface area contributed by atoms with Gasteiger partial charge in [0.2, 0.25) is 5.95 Å². The van der Waals surface area contributed by atoms with Crippen LogP contribution >= 0.6 is 0 Å². The van der Waals surface area contributed by atoms with Gasteiger partial charge in [-0.25, -0.2) is 15.8 Å². The maximum Gasteiger partial charge on any atom is 0.227 e. The first-order valence-corrected chi connectivity index (χ1v) is 8.47. The molecule has 0 atom stereocenters. The van der Waals surface area contributed by atoms with Gasteiger partial charge < -0.3 is 10.2 Å². The van der Waals surface area contributed by atoms with Crippen molar-refractivity contribution < 1.29 is 0 Å². The predicted molar refractivity (Wildman–Crippen MR) is 106 cm³/mol. The van der Waals surface area contributed by atoms with E-state index in [1.807, 2.05) is 49.6 Å². The van der Waals surface area contributed by atoms with Crippen molar-refractivity contribution in [3.8, 4) is 0 Å². The first-order chi connectivity index (χ1) is 12.5. The van der Waals surface area contributed by atoms with E-state index in [0.29, 0.717) is 5.95 Å². The zero-order valence-electron chi connectivity index (χ0n) is 15.3. The molecule has 1 aromatic carbocycles. The van der Waals surface area contributed by atoms with Gasteiger partial charge in [-0.2, -0.15) is 0 Å². The van der Waals surface area contributed by atoms with Crippen LogP contribution in [0, 0.1) is 0 Å². The van der Waals surface area contributed by atoms with Crippen LogP contribution in [0.5, 0.6) is 0 Å². The van der Waals surface area contributed by atoms with E-state index in [-0.39, 0.29) is 0 Å². The van der Waals surface area contributed by atoms with Gasteiger partial charge in [-0.05, 0) is 56.9 Å². The molecule has 2 heterocycles. The molecule has 3 N–H and O–H groups in total. The van der Waals surface area contributed by atoms with Gasteiger partial charge in [0, 0.05) is 30.2 Å². The molecule has 134 valence electrons. The Kier molecular flexibility index (Phi) is 5.46. The summed E-state index contributed by atoms with van der Waals surface area (Å²) >= 11 is 0. The summed E-state index contributed by atoms with van der Waals surface area (Å²) in [5.41, 5.74) is 4.92. The van der Waals surface area contributed by atoms with Crippen molar-refractivity contribution in [2.45, 2.75) is 13.5 Å².